The average molecular weight is 285 g/mol. The molecule has 1 aromatic carbocycles. The van der Waals surface area contributed by atoms with Crippen molar-refractivity contribution in [2.24, 2.45) is 5.92 Å². The van der Waals surface area contributed by atoms with Crippen molar-refractivity contribution < 1.29 is 4.42 Å². The van der Waals surface area contributed by atoms with Gasteiger partial charge in [0.15, 0.2) is 0 Å². The normalized spacial score (nSPS) is 18.2. The molecule has 0 saturated heterocycles. The molecule has 1 fully saturated rings. The van der Waals surface area contributed by atoms with E-state index in [1.54, 1.807) is 0 Å². The summed E-state index contributed by atoms with van der Waals surface area (Å²) < 4.78 is 6.08. The second-order valence-corrected chi connectivity index (χ2v) is 6.37. The van der Waals surface area contributed by atoms with Gasteiger partial charge >= 0.3 is 0 Å². The highest BCUT2D eigenvalue weighted by Gasteiger charge is 2.24. The van der Waals surface area contributed by atoms with Gasteiger partial charge in [-0.05, 0) is 25.5 Å². The second-order valence-electron chi connectivity index (χ2n) is 6.37. The van der Waals surface area contributed by atoms with Gasteiger partial charge in [-0.15, -0.1) is 0 Å². The summed E-state index contributed by atoms with van der Waals surface area (Å²) in [5, 5.41) is 4.85. The summed E-state index contributed by atoms with van der Waals surface area (Å²) in [4.78, 5) is 0. The Kier molecular flexibility index (Phi) is 4.64. The van der Waals surface area contributed by atoms with Crippen LogP contribution >= 0.6 is 0 Å². The van der Waals surface area contributed by atoms with Crippen LogP contribution in [-0.4, -0.2) is 7.05 Å². The number of furan rings is 1. The minimum atomic E-state index is 0.423. The fourth-order valence-electron chi connectivity index (χ4n) is 3.90. The third kappa shape index (κ3) is 3.01. The van der Waals surface area contributed by atoms with E-state index >= 15 is 0 Å². The highest BCUT2D eigenvalue weighted by molar-refractivity contribution is 5.82. The largest absolute Gasteiger partial charge is 0.461 e. The van der Waals surface area contributed by atoms with E-state index in [4.69, 9.17) is 4.42 Å². The van der Waals surface area contributed by atoms with Crippen LogP contribution in [0.1, 0.15) is 62.8 Å². The van der Waals surface area contributed by atoms with Gasteiger partial charge < -0.3 is 9.73 Å². The first-order valence-electron chi connectivity index (χ1n) is 8.51. The molecule has 0 aliphatic heterocycles. The predicted octanol–water partition coefficient (Wildman–Crippen LogP) is 5.23. The Morgan fingerprint density at radius 3 is 2.67 bits per heavy atom. The molecule has 1 aromatic heterocycles. The minimum absolute atomic E-state index is 0.423. The van der Waals surface area contributed by atoms with Gasteiger partial charge in [-0.2, -0.15) is 0 Å². The molecule has 3 rings (SSSR count). The molecule has 0 radical (unpaired) electrons. The zero-order valence-electron chi connectivity index (χ0n) is 13.3. The number of hydrogen-bond acceptors (Lipinski definition) is 2. The third-order valence-corrected chi connectivity index (χ3v) is 5.02. The maximum absolute atomic E-state index is 6.08. The predicted molar refractivity (Wildman–Crippen MR) is 88.6 cm³/mol. The summed E-state index contributed by atoms with van der Waals surface area (Å²) in [6.07, 6.45) is 9.25. The van der Waals surface area contributed by atoms with Gasteiger partial charge in [-0.1, -0.05) is 57.2 Å². The number of hydrogen-bond donors (Lipinski definition) is 1. The molecule has 1 unspecified atom stereocenters. The van der Waals surface area contributed by atoms with Crippen molar-refractivity contribution in [3.8, 4) is 0 Å². The average Bonchev–Trinajstić information content (AvgIpc) is 2.92. The van der Waals surface area contributed by atoms with E-state index in [0.29, 0.717) is 6.04 Å². The first kappa shape index (κ1) is 14.6. The van der Waals surface area contributed by atoms with Crippen molar-refractivity contribution >= 4 is 11.0 Å². The molecule has 1 saturated carbocycles. The lowest BCUT2D eigenvalue weighted by Gasteiger charge is -2.26. The summed E-state index contributed by atoms with van der Waals surface area (Å²) in [7, 11) is 2.09. The number of rotatable bonds is 5. The van der Waals surface area contributed by atoms with Crippen molar-refractivity contribution in [2.75, 3.05) is 7.05 Å². The molecule has 1 atom stereocenters. The van der Waals surface area contributed by atoms with Crippen molar-refractivity contribution in [3.63, 3.8) is 0 Å². The van der Waals surface area contributed by atoms with Crippen LogP contribution in [0, 0.1) is 5.92 Å². The summed E-state index contributed by atoms with van der Waals surface area (Å²) in [5.74, 6) is 2.03. The van der Waals surface area contributed by atoms with Gasteiger partial charge in [0.2, 0.25) is 0 Å². The Labute approximate surface area is 127 Å². The molecule has 0 bridgehead atoms. The monoisotopic (exact) mass is 285 g/mol. The number of aryl methyl sites for hydroxylation is 1. The lowest BCUT2D eigenvalue weighted by molar-refractivity contribution is 0.304. The molecule has 1 aliphatic rings. The molecule has 2 aromatic rings. The Hall–Kier alpha value is -1.28. The van der Waals surface area contributed by atoms with Crippen LogP contribution in [-0.2, 0) is 6.42 Å². The smallest absolute Gasteiger partial charge is 0.134 e. The molecular weight excluding hydrogens is 258 g/mol. The SMILES string of the molecule is CCc1oc2ccccc2c1C(CC1CCCCC1)NC. The molecule has 2 nitrogen and oxygen atoms in total. The van der Waals surface area contributed by atoms with Gasteiger partial charge in [0.25, 0.3) is 0 Å². The molecule has 114 valence electrons. The fraction of sp³-hybridized carbons (Fsp3) is 0.579. The van der Waals surface area contributed by atoms with Crippen molar-refractivity contribution in [3.05, 3.63) is 35.6 Å². The molecule has 1 heterocycles. The summed E-state index contributed by atoms with van der Waals surface area (Å²) in [5.41, 5.74) is 2.44. The Balaban J connectivity index is 1.91. The van der Waals surface area contributed by atoms with Crippen molar-refractivity contribution in [1.82, 2.24) is 5.32 Å². The van der Waals surface area contributed by atoms with Crippen LogP contribution in [0.15, 0.2) is 28.7 Å². The van der Waals surface area contributed by atoms with Crippen LogP contribution in [0.5, 0.6) is 0 Å². The van der Waals surface area contributed by atoms with E-state index < -0.39 is 0 Å². The summed E-state index contributed by atoms with van der Waals surface area (Å²) in [6, 6.07) is 8.90. The summed E-state index contributed by atoms with van der Waals surface area (Å²) in [6.45, 7) is 2.19. The molecular formula is C19H27NO. The first-order valence-corrected chi connectivity index (χ1v) is 8.51. The van der Waals surface area contributed by atoms with Gasteiger partial charge in [0, 0.05) is 23.4 Å². The first-order chi connectivity index (χ1) is 10.3. The number of nitrogens with one attached hydrogen (secondary N) is 1. The molecule has 1 N–H and O–H groups in total. The van der Waals surface area contributed by atoms with Crippen LogP contribution in [0.25, 0.3) is 11.0 Å². The topological polar surface area (TPSA) is 25.2 Å². The van der Waals surface area contributed by atoms with Crippen LogP contribution < -0.4 is 5.32 Å². The van der Waals surface area contributed by atoms with Crippen molar-refractivity contribution in [2.45, 2.75) is 57.9 Å². The zero-order valence-corrected chi connectivity index (χ0v) is 13.3. The molecule has 21 heavy (non-hydrogen) atoms. The zero-order chi connectivity index (χ0) is 14.7. The van der Waals surface area contributed by atoms with E-state index in [0.717, 1.165) is 23.7 Å². The Bertz CT molecular complexity index is 580. The Morgan fingerprint density at radius 1 is 1.19 bits per heavy atom. The molecule has 0 spiro atoms. The second kappa shape index (κ2) is 6.65. The number of para-hydroxylation sites is 1. The number of fused-ring (bicyclic) bond motifs is 1. The maximum Gasteiger partial charge on any atom is 0.134 e. The minimum Gasteiger partial charge on any atom is -0.461 e. The van der Waals surface area contributed by atoms with E-state index in [9.17, 15) is 0 Å². The number of benzene rings is 1. The van der Waals surface area contributed by atoms with Crippen LogP contribution in [0.2, 0.25) is 0 Å². The summed E-state index contributed by atoms with van der Waals surface area (Å²) >= 11 is 0. The quantitative estimate of drug-likeness (QED) is 0.814. The third-order valence-electron chi connectivity index (χ3n) is 5.02. The molecule has 1 aliphatic carbocycles. The molecule has 2 heteroatoms. The van der Waals surface area contributed by atoms with Gasteiger partial charge in [0.05, 0.1) is 0 Å². The van der Waals surface area contributed by atoms with E-state index in [-0.39, 0.29) is 0 Å². The van der Waals surface area contributed by atoms with Gasteiger partial charge in [0.1, 0.15) is 11.3 Å². The maximum atomic E-state index is 6.08. The van der Waals surface area contributed by atoms with Gasteiger partial charge in [-0.3, -0.25) is 0 Å². The molecule has 0 amide bonds. The lowest BCUT2D eigenvalue weighted by Crippen LogP contribution is -2.22. The standard InChI is InChI=1S/C19H27NO/c1-3-17-19(15-11-7-8-12-18(15)21-17)16(20-2)13-14-9-5-4-6-10-14/h7-8,11-12,14,16,20H,3-6,9-10,13H2,1-2H3. The lowest BCUT2D eigenvalue weighted by atomic mass is 9.83. The van der Waals surface area contributed by atoms with Crippen molar-refractivity contribution in [1.29, 1.82) is 0 Å². The van der Waals surface area contributed by atoms with Crippen LogP contribution in [0.4, 0.5) is 0 Å². The van der Waals surface area contributed by atoms with Crippen LogP contribution in [0.3, 0.4) is 0 Å². The van der Waals surface area contributed by atoms with Gasteiger partial charge in [-0.25, -0.2) is 0 Å². The fourth-order valence-corrected chi connectivity index (χ4v) is 3.90. The Morgan fingerprint density at radius 2 is 1.95 bits per heavy atom. The highest BCUT2D eigenvalue weighted by Crippen LogP contribution is 2.37. The van der Waals surface area contributed by atoms with E-state index in [1.807, 2.05) is 0 Å². The highest BCUT2D eigenvalue weighted by atomic mass is 16.3. The van der Waals surface area contributed by atoms with E-state index in [2.05, 4.69) is 43.6 Å². The van der Waals surface area contributed by atoms with E-state index in [1.165, 1.54) is 49.5 Å².